The van der Waals surface area contributed by atoms with Crippen molar-refractivity contribution in [2.75, 3.05) is 44.2 Å². The van der Waals surface area contributed by atoms with Crippen LogP contribution >= 0.6 is 0 Å². The average Bonchev–Trinajstić information content (AvgIpc) is 3.17. The van der Waals surface area contributed by atoms with E-state index in [1.54, 1.807) is 0 Å². The van der Waals surface area contributed by atoms with Gasteiger partial charge in [-0.3, -0.25) is 9.69 Å². The van der Waals surface area contributed by atoms with Gasteiger partial charge in [0.1, 0.15) is 6.61 Å². The van der Waals surface area contributed by atoms with E-state index in [4.69, 9.17) is 9.47 Å². The first-order valence-electron chi connectivity index (χ1n) is 10.9. The molecule has 0 aromatic heterocycles. The Labute approximate surface area is 182 Å². The number of aryl methyl sites for hydroxylation is 1. The lowest BCUT2D eigenvalue weighted by Crippen LogP contribution is -2.52. The smallest absolute Gasteiger partial charge is 0.408 e. The number of benzene rings is 2. The number of hydrogen-bond acceptors (Lipinski definition) is 6. The van der Waals surface area contributed by atoms with Crippen molar-refractivity contribution < 1.29 is 19.1 Å². The molecule has 164 valence electrons. The molecule has 2 aliphatic rings. The van der Waals surface area contributed by atoms with Crippen LogP contribution in [0.5, 0.6) is 0 Å². The van der Waals surface area contributed by atoms with E-state index in [1.807, 2.05) is 36.4 Å². The van der Waals surface area contributed by atoms with Crippen LogP contribution in [0.25, 0.3) is 0 Å². The van der Waals surface area contributed by atoms with E-state index >= 15 is 0 Å². The first-order valence-corrected chi connectivity index (χ1v) is 10.9. The molecule has 7 nitrogen and oxygen atoms in total. The average molecular weight is 424 g/mol. The van der Waals surface area contributed by atoms with Crippen molar-refractivity contribution in [2.45, 2.75) is 25.0 Å². The van der Waals surface area contributed by atoms with Crippen LogP contribution in [0.3, 0.4) is 0 Å². The molecule has 1 amide bonds. The molecule has 0 radical (unpaired) electrons. The predicted molar refractivity (Wildman–Crippen MR) is 118 cm³/mol. The number of hydrogen-bond donors (Lipinski definition) is 1. The lowest BCUT2D eigenvalue weighted by Gasteiger charge is -2.37. The third kappa shape index (κ3) is 5.98. The highest BCUT2D eigenvalue weighted by Crippen LogP contribution is 2.17. The normalized spacial score (nSPS) is 21.4. The van der Waals surface area contributed by atoms with Crippen LogP contribution < -0.4 is 10.2 Å². The van der Waals surface area contributed by atoms with E-state index in [0.29, 0.717) is 19.4 Å². The highest BCUT2D eigenvalue weighted by molar-refractivity contribution is 5.71. The van der Waals surface area contributed by atoms with E-state index < -0.39 is 12.2 Å². The first-order chi connectivity index (χ1) is 15.2. The fraction of sp³-hybridized carbons (Fsp3) is 0.417. The fourth-order valence-corrected chi connectivity index (χ4v) is 4.06. The standard InChI is InChI=1S/C24H29N3O4/c28-23(12-11-19-7-3-1-4-8-19)30-18-22-21(25-24(29)31-22)17-26-13-15-27(16-14-26)20-9-5-2-6-10-20/h1-10,21-22H,11-18H2,(H,25,29)/t21-,22-/m1/s1. The van der Waals surface area contributed by atoms with E-state index in [1.165, 1.54) is 5.69 Å². The number of rotatable bonds is 8. The highest BCUT2D eigenvalue weighted by Gasteiger charge is 2.36. The number of piperazine rings is 1. The number of ether oxygens (including phenoxy) is 2. The van der Waals surface area contributed by atoms with Gasteiger partial charge in [0.15, 0.2) is 6.10 Å². The number of esters is 1. The zero-order valence-electron chi connectivity index (χ0n) is 17.6. The molecular weight excluding hydrogens is 394 g/mol. The van der Waals surface area contributed by atoms with Gasteiger partial charge in [0.25, 0.3) is 0 Å². The second-order valence-corrected chi connectivity index (χ2v) is 7.99. The molecule has 2 aromatic rings. The third-order valence-electron chi connectivity index (χ3n) is 5.83. The largest absolute Gasteiger partial charge is 0.462 e. The van der Waals surface area contributed by atoms with Crippen LogP contribution in [0.2, 0.25) is 0 Å². The molecule has 0 bridgehead atoms. The quantitative estimate of drug-likeness (QED) is 0.658. The maximum atomic E-state index is 12.1. The minimum absolute atomic E-state index is 0.0843. The van der Waals surface area contributed by atoms with Gasteiger partial charge in [-0.05, 0) is 24.1 Å². The molecule has 0 saturated carbocycles. The van der Waals surface area contributed by atoms with Crippen LogP contribution in [0.4, 0.5) is 10.5 Å². The summed E-state index contributed by atoms with van der Waals surface area (Å²) in [5, 5.41) is 2.87. The van der Waals surface area contributed by atoms with Crippen molar-refractivity contribution in [1.29, 1.82) is 0 Å². The predicted octanol–water partition coefficient (Wildman–Crippen LogP) is 2.46. The van der Waals surface area contributed by atoms with Gasteiger partial charge in [0, 0.05) is 44.8 Å². The van der Waals surface area contributed by atoms with Gasteiger partial charge in [-0.1, -0.05) is 48.5 Å². The van der Waals surface area contributed by atoms with Crippen LogP contribution in [0.15, 0.2) is 60.7 Å². The summed E-state index contributed by atoms with van der Waals surface area (Å²) >= 11 is 0. The van der Waals surface area contributed by atoms with Crippen molar-refractivity contribution in [3.05, 3.63) is 66.2 Å². The highest BCUT2D eigenvalue weighted by atomic mass is 16.6. The number of para-hydroxylation sites is 1. The van der Waals surface area contributed by atoms with E-state index in [-0.39, 0.29) is 18.6 Å². The van der Waals surface area contributed by atoms with Crippen LogP contribution in [0.1, 0.15) is 12.0 Å². The molecule has 0 spiro atoms. The summed E-state index contributed by atoms with van der Waals surface area (Å²) in [6.07, 6.45) is 0.0421. The lowest BCUT2D eigenvalue weighted by atomic mass is 10.1. The Morgan fingerprint density at radius 3 is 2.39 bits per heavy atom. The van der Waals surface area contributed by atoms with Crippen LogP contribution in [-0.2, 0) is 20.7 Å². The van der Waals surface area contributed by atoms with Gasteiger partial charge >= 0.3 is 12.1 Å². The SMILES string of the molecule is O=C(CCc1ccccc1)OC[C@H]1OC(=O)N[C@@H]1CN1CCN(c2ccccc2)CC1. The number of nitrogens with one attached hydrogen (secondary N) is 1. The van der Waals surface area contributed by atoms with Crippen LogP contribution in [0, 0.1) is 0 Å². The van der Waals surface area contributed by atoms with E-state index in [9.17, 15) is 9.59 Å². The lowest BCUT2D eigenvalue weighted by molar-refractivity contribution is -0.146. The number of carbonyl (C=O) groups is 2. The van der Waals surface area contributed by atoms with Gasteiger partial charge in [-0.15, -0.1) is 0 Å². The summed E-state index contributed by atoms with van der Waals surface area (Å²) in [4.78, 5) is 28.6. The Balaban J connectivity index is 1.21. The molecular formula is C24H29N3O4. The second-order valence-electron chi connectivity index (χ2n) is 7.99. The Morgan fingerprint density at radius 2 is 1.68 bits per heavy atom. The summed E-state index contributed by atoms with van der Waals surface area (Å²) in [5.41, 5.74) is 2.33. The second kappa shape index (κ2) is 10.3. The molecule has 1 N–H and O–H groups in total. The van der Waals surface area contributed by atoms with Gasteiger partial charge < -0.3 is 19.7 Å². The van der Waals surface area contributed by atoms with Crippen LogP contribution in [-0.4, -0.2) is 68.4 Å². The molecule has 2 saturated heterocycles. The summed E-state index contributed by atoms with van der Waals surface area (Å²) < 4.78 is 10.8. The maximum absolute atomic E-state index is 12.1. The van der Waals surface area contributed by atoms with Crippen molar-refractivity contribution in [2.24, 2.45) is 0 Å². The van der Waals surface area contributed by atoms with Gasteiger partial charge in [-0.25, -0.2) is 4.79 Å². The molecule has 2 atom stereocenters. The summed E-state index contributed by atoms with van der Waals surface area (Å²) in [7, 11) is 0. The number of alkyl carbamates (subject to hydrolysis) is 1. The zero-order chi connectivity index (χ0) is 21.5. The van der Waals surface area contributed by atoms with Gasteiger partial charge in [-0.2, -0.15) is 0 Å². The molecule has 0 unspecified atom stereocenters. The van der Waals surface area contributed by atoms with Crippen molar-refractivity contribution >= 4 is 17.7 Å². The Morgan fingerprint density at radius 1 is 1.00 bits per heavy atom. The number of carbonyl (C=O) groups excluding carboxylic acids is 2. The summed E-state index contributed by atoms with van der Waals surface area (Å²) in [6, 6.07) is 20.0. The maximum Gasteiger partial charge on any atom is 0.408 e. The molecule has 2 heterocycles. The third-order valence-corrected chi connectivity index (χ3v) is 5.83. The minimum Gasteiger partial charge on any atom is -0.462 e. The Bertz CT molecular complexity index is 854. The number of cyclic esters (lactones) is 1. The van der Waals surface area contributed by atoms with E-state index in [0.717, 1.165) is 31.7 Å². The first kappa shape index (κ1) is 21.2. The minimum atomic E-state index is -0.458. The van der Waals surface area contributed by atoms with E-state index in [2.05, 4.69) is 39.4 Å². The molecule has 0 aliphatic carbocycles. The van der Waals surface area contributed by atoms with Crippen molar-refractivity contribution in [3.63, 3.8) is 0 Å². The fourth-order valence-electron chi connectivity index (χ4n) is 4.06. The summed E-state index contributed by atoms with van der Waals surface area (Å²) in [5.74, 6) is -0.276. The number of anilines is 1. The molecule has 2 aliphatic heterocycles. The summed E-state index contributed by atoms with van der Waals surface area (Å²) in [6.45, 7) is 4.45. The van der Waals surface area contributed by atoms with Crippen molar-refractivity contribution in [3.8, 4) is 0 Å². The van der Waals surface area contributed by atoms with Gasteiger partial charge in [0.2, 0.25) is 0 Å². The number of nitrogens with zero attached hydrogens (tertiary/aromatic N) is 2. The topological polar surface area (TPSA) is 71.1 Å². The number of amides is 1. The van der Waals surface area contributed by atoms with Crippen molar-refractivity contribution in [1.82, 2.24) is 10.2 Å². The Kier molecular flexibility index (Phi) is 7.04. The molecule has 4 rings (SSSR count). The molecule has 2 aromatic carbocycles. The molecule has 31 heavy (non-hydrogen) atoms. The molecule has 7 heteroatoms. The zero-order valence-corrected chi connectivity index (χ0v) is 17.6. The molecule has 2 fully saturated rings. The Hall–Kier alpha value is -3.06. The van der Waals surface area contributed by atoms with Gasteiger partial charge in [0.05, 0.1) is 6.04 Å². The monoisotopic (exact) mass is 423 g/mol.